The Morgan fingerprint density at radius 2 is 1.97 bits per heavy atom. The van der Waals surface area contributed by atoms with Crippen LogP contribution >= 0.6 is 0 Å². The van der Waals surface area contributed by atoms with Crippen molar-refractivity contribution in [2.75, 3.05) is 13.7 Å². The number of methoxy groups -OCH3 is 1. The molecule has 0 spiro atoms. The van der Waals surface area contributed by atoms with E-state index >= 15 is 0 Å². The van der Waals surface area contributed by atoms with Crippen molar-refractivity contribution in [3.05, 3.63) is 99.9 Å². The molecule has 3 heterocycles. The highest BCUT2D eigenvalue weighted by Crippen LogP contribution is 2.29. The van der Waals surface area contributed by atoms with Crippen LogP contribution < -0.4 is 10.3 Å². The number of aromatic nitrogens is 3. The molecular weight excluding hydrogens is 419 g/mol. The SMILES string of the molecule is COc1ccc(F)cc1-c1ccc(CN2CCc3nc(-c4ccccc4)[nH]c(=O)c3C2)cn1. The molecule has 1 aliphatic heterocycles. The van der Waals surface area contributed by atoms with Gasteiger partial charge < -0.3 is 9.72 Å². The van der Waals surface area contributed by atoms with Gasteiger partial charge in [-0.2, -0.15) is 0 Å². The van der Waals surface area contributed by atoms with Crippen molar-refractivity contribution in [1.29, 1.82) is 0 Å². The highest BCUT2D eigenvalue weighted by molar-refractivity contribution is 5.67. The van der Waals surface area contributed by atoms with Crippen LogP contribution in [0.15, 0.2) is 71.7 Å². The molecule has 5 rings (SSSR count). The molecule has 2 aromatic heterocycles. The zero-order valence-corrected chi connectivity index (χ0v) is 18.2. The molecular formula is C26H23FN4O2. The molecule has 4 aromatic rings. The van der Waals surface area contributed by atoms with Gasteiger partial charge in [0, 0.05) is 43.4 Å². The van der Waals surface area contributed by atoms with Crippen LogP contribution in [-0.2, 0) is 19.5 Å². The number of H-pyrrole nitrogens is 1. The number of hydrogen-bond acceptors (Lipinski definition) is 5. The number of benzene rings is 2. The summed E-state index contributed by atoms with van der Waals surface area (Å²) in [6.07, 6.45) is 2.50. The fraction of sp³-hybridized carbons (Fsp3) is 0.192. The van der Waals surface area contributed by atoms with E-state index in [-0.39, 0.29) is 11.4 Å². The zero-order valence-electron chi connectivity index (χ0n) is 18.2. The van der Waals surface area contributed by atoms with Crippen LogP contribution in [0.3, 0.4) is 0 Å². The quantitative estimate of drug-likeness (QED) is 0.502. The predicted octanol–water partition coefficient (Wildman–Crippen LogP) is 4.20. The van der Waals surface area contributed by atoms with Crippen molar-refractivity contribution in [1.82, 2.24) is 19.9 Å². The van der Waals surface area contributed by atoms with Gasteiger partial charge in [-0.3, -0.25) is 14.7 Å². The third-order valence-electron chi connectivity index (χ3n) is 5.86. The smallest absolute Gasteiger partial charge is 0.255 e. The Bertz CT molecular complexity index is 1340. The molecule has 0 saturated heterocycles. The Hall–Kier alpha value is -3.84. The predicted molar refractivity (Wildman–Crippen MR) is 124 cm³/mol. The summed E-state index contributed by atoms with van der Waals surface area (Å²) in [6.45, 7) is 2.00. The number of fused-ring (bicyclic) bond motifs is 1. The molecule has 7 heteroatoms. The molecule has 0 radical (unpaired) electrons. The van der Waals surface area contributed by atoms with E-state index in [1.54, 1.807) is 19.4 Å². The Balaban J connectivity index is 1.32. The van der Waals surface area contributed by atoms with E-state index in [0.717, 1.165) is 28.9 Å². The van der Waals surface area contributed by atoms with Crippen molar-refractivity contribution < 1.29 is 9.13 Å². The van der Waals surface area contributed by atoms with Gasteiger partial charge in [-0.05, 0) is 29.8 Å². The third kappa shape index (κ3) is 4.40. The van der Waals surface area contributed by atoms with E-state index in [4.69, 9.17) is 9.72 Å². The highest BCUT2D eigenvalue weighted by atomic mass is 19.1. The van der Waals surface area contributed by atoms with E-state index in [9.17, 15) is 9.18 Å². The van der Waals surface area contributed by atoms with Crippen molar-refractivity contribution in [2.45, 2.75) is 19.5 Å². The molecule has 1 aliphatic rings. The summed E-state index contributed by atoms with van der Waals surface area (Å²) in [5, 5.41) is 0. The number of pyridine rings is 1. The summed E-state index contributed by atoms with van der Waals surface area (Å²) in [5.41, 5.74) is 4.67. The van der Waals surface area contributed by atoms with E-state index in [1.165, 1.54) is 12.1 Å². The van der Waals surface area contributed by atoms with Crippen LogP contribution in [0.4, 0.5) is 4.39 Å². The second kappa shape index (κ2) is 8.96. The monoisotopic (exact) mass is 442 g/mol. The lowest BCUT2D eigenvalue weighted by Gasteiger charge is -2.27. The maximum Gasteiger partial charge on any atom is 0.255 e. The number of ether oxygens (including phenoxy) is 1. The fourth-order valence-corrected chi connectivity index (χ4v) is 4.16. The first-order valence-corrected chi connectivity index (χ1v) is 10.8. The molecule has 1 N–H and O–H groups in total. The number of nitrogens with zero attached hydrogens (tertiary/aromatic N) is 3. The Kier molecular flexibility index (Phi) is 5.71. The normalized spacial score (nSPS) is 13.5. The summed E-state index contributed by atoms with van der Waals surface area (Å²) in [7, 11) is 1.55. The topological polar surface area (TPSA) is 71.1 Å². The highest BCUT2D eigenvalue weighted by Gasteiger charge is 2.22. The van der Waals surface area contributed by atoms with Gasteiger partial charge in [0.15, 0.2) is 0 Å². The van der Waals surface area contributed by atoms with E-state index < -0.39 is 0 Å². The minimum atomic E-state index is -0.335. The van der Waals surface area contributed by atoms with Crippen molar-refractivity contribution in [3.8, 4) is 28.4 Å². The van der Waals surface area contributed by atoms with Gasteiger partial charge >= 0.3 is 0 Å². The van der Waals surface area contributed by atoms with Crippen LogP contribution in [0.1, 0.15) is 16.8 Å². The summed E-state index contributed by atoms with van der Waals surface area (Å²) >= 11 is 0. The van der Waals surface area contributed by atoms with Crippen LogP contribution in [0.25, 0.3) is 22.6 Å². The van der Waals surface area contributed by atoms with Gasteiger partial charge in [0.2, 0.25) is 0 Å². The largest absolute Gasteiger partial charge is 0.496 e. The summed E-state index contributed by atoms with van der Waals surface area (Å²) in [4.78, 5) is 27.1. The minimum absolute atomic E-state index is 0.0878. The first-order valence-electron chi connectivity index (χ1n) is 10.8. The molecule has 0 aliphatic carbocycles. The van der Waals surface area contributed by atoms with Crippen LogP contribution in [0.5, 0.6) is 5.75 Å². The van der Waals surface area contributed by atoms with Crippen LogP contribution in [0, 0.1) is 5.82 Å². The molecule has 166 valence electrons. The lowest BCUT2D eigenvalue weighted by Crippen LogP contribution is -2.35. The molecule has 33 heavy (non-hydrogen) atoms. The minimum Gasteiger partial charge on any atom is -0.496 e. The van der Waals surface area contributed by atoms with E-state index in [0.29, 0.717) is 42.3 Å². The number of nitrogens with one attached hydrogen (secondary N) is 1. The second-order valence-electron chi connectivity index (χ2n) is 8.06. The van der Waals surface area contributed by atoms with Gasteiger partial charge in [-0.25, -0.2) is 9.37 Å². The van der Waals surface area contributed by atoms with Gasteiger partial charge in [0.05, 0.1) is 24.1 Å². The first-order chi connectivity index (χ1) is 16.1. The fourth-order valence-electron chi connectivity index (χ4n) is 4.16. The van der Waals surface area contributed by atoms with Crippen LogP contribution in [-0.4, -0.2) is 33.5 Å². The molecule has 2 aromatic carbocycles. The number of halogens is 1. The Morgan fingerprint density at radius 1 is 1.12 bits per heavy atom. The van der Waals surface area contributed by atoms with Crippen LogP contribution in [0.2, 0.25) is 0 Å². The van der Waals surface area contributed by atoms with E-state index in [1.807, 2.05) is 42.5 Å². The van der Waals surface area contributed by atoms with Crippen molar-refractivity contribution in [2.24, 2.45) is 0 Å². The molecule has 0 atom stereocenters. The number of aromatic amines is 1. The molecule has 0 bridgehead atoms. The van der Waals surface area contributed by atoms with E-state index in [2.05, 4.69) is 14.9 Å². The first kappa shape index (κ1) is 21.0. The van der Waals surface area contributed by atoms with Gasteiger partial charge in [0.25, 0.3) is 5.56 Å². The average molecular weight is 442 g/mol. The molecule has 0 unspecified atom stereocenters. The third-order valence-corrected chi connectivity index (χ3v) is 5.86. The molecule has 6 nitrogen and oxygen atoms in total. The lowest BCUT2D eigenvalue weighted by atomic mass is 10.1. The second-order valence-corrected chi connectivity index (χ2v) is 8.06. The maximum atomic E-state index is 13.7. The summed E-state index contributed by atoms with van der Waals surface area (Å²) in [5.74, 6) is 0.851. The lowest BCUT2D eigenvalue weighted by molar-refractivity contribution is 0.241. The molecule has 0 fully saturated rings. The maximum absolute atomic E-state index is 13.7. The Labute approximate surface area is 190 Å². The summed E-state index contributed by atoms with van der Waals surface area (Å²) in [6, 6.07) is 17.9. The van der Waals surface area contributed by atoms with Gasteiger partial charge in [0.1, 0.15) is 17.4 Å². The molecule has 0 saturated carbocycles. The van der Waals surface area contributed by atoms with Gasteiger partial charge in [-0.15, -0.1) is 0 Å². The molecule has 0 amide bonds. The zero-order chi connectivity index (χ0) is 22.8. The standard InChI is InChI=1S/C26H23FN4O2/c1-33-24-10-8-19(27)13-20(24)22-9-7-17(14-28-22)15-31-12-11-23-21(16-31)26(32)30-25(29-23)18-5-3-2-4-6-18/h2-10,13-14H,11-12,15-16H2,1H3,(H,29,30,32). The van der Waals surface area contributed by atoms with Gasteiger partial charge in [-0.1, -0.05) is 36.4 Å². The van der Waals surface area contributed by atoms with Crippen molar-refractivity contribution in [3.63, 3.8) is 0 Å². The number of rotatable bonds is 5. The summed E-state index contributed by atoms with van der Waals surface area (Å²) < 4.78 is 19.0. The Morgan fingerprint density at radius 3 is 2.73 bits per heavy atom. The van der Waals surface area contributed by atoms with Crippen molar-refractivity contribution >= 4 is 0 Å². The number of hydrogen-bond donors (Lipinski definition) is 1. The average Bonchev–Trinajstić information content (AvgIpc) is 2.85.